The monoisotopic (exact) mass is 335 g/mol. The summed E-state index contributed by atoms with van der Waals surface area (Å²) in [5, 5.41) is 2.65. The first-order valence-corrected chi connectivity index (χ1v) is 9.57. The average molecular weight is 336 g/mol. The molecule has 0 aromatic heterocycles. The molecule has 6 heteroatoms. The van der Waals surface area contributed by atoms with Gasteiger partial charge in [0.1, 0.15) is 0 Å². The van der Waals surface area contributed by atoms with Crippen LogP contribution in [0.4, 0.5) is 0 Å². The van der Waals surface area contributed by atoms with Crippen LogP contribution in [0, 0.1) is 5.41 Å². The molecule has 0 aliphatic heterocycles. The standard InChI is InChI=1S/C16H33NO4S/c1-15(2,3)9-12-21-11-7-8-14(18)17-10-13-22(19,20)16(4,5)6/h7-13H2,1-6H3,(H,17,18). The Bertz CT molecular complexity index is 430. The molecule has 132 valence electrons. The Balaban J connectivity index is 3.72. The fourth-order valence-electron chi connectivity index (χ4n) is 1.53. The van der Waals surface area contributed by atoms with Crippen LogP contribution in [0.25, 0.3) is 0 Å². The number of sulfone groups is 1. The quantitative estimate of drug-likeness (QED) is 0.657. The van der Waals surface area contributed by atoms with E-state index in [0.717, 1.165) is 6.42 Å². The van der Waals surface area contributed by atoms with Gasteiger partial charge in [-0.25, -0.2) is 8.42 Å². The number of hydrogen-bond donors (Lipinski definition) is 1. The highest BCUT2D eigenvalue weighted by molar-refractivity contribution is 7.92. The number of carbonyl (C=O) groups is 1. The summed E-state index contributed by atoms with van der Waals surface area (Å²) in [6.45, 7) is 12.9. The van der Waals surface area contributed by atoms with E-state index in [4.69, 9.17) is 4.74 Å². The molecule has 0 fully saturated rings. The molecule has 0 unspecified atom stereocenters. The summed E-state index contributed by atoms with van der Waals surface area (Å²) >= 11 is 0. The molecule has 1 amide bonds. The summed E-state index contributed by atoms with van der Waals surface area (Å²) in [6.07, 6.45) is 2.01. The Morgan fingerprint density at radius 1 is 1.05 bits per heavy atom. The van der Waals surface area contributed by atoms with Gasteiger partial charge in [0.15, 0.2) is 9.84 Å². The lowest BCUT2D eigenvalue weighted by atomic mass is 9.93. The van der Waals surface area contributed by atoms with Gasteiger partial charge < -0.3 is 10.1 Å². The number of carbonyl (C=O) groups excluding carboxylic acids is 1. The molecule has 0 rings (SSSR count). The van der Waals surface area contributed by atoms with E-state index in [1.807, 2.05) is 0 Å². The van der Waals surface area contributed by atoms with E-state index in [9.17, 15) is 13.2 Å². The zero-order chi connectivity index (χ0) is 17.4. The lowest BCUT2D eigenvalue weighted by molar-refractivity contribution is -0.121. The zero-order valence-electron chi connectivity index (χ0n) is 15.0. The van der Waals surface area contributed by atoms with E-state index in [0.29, 0.717) is 26.1 Å². The van der Waals surface area contributed by atoms with Crippen LogP contribution in [0.3, 0.4) is 0 Å². The van der Waals surface area contributed by atoms with Crippen molar-refractivity contribution in [1.29, 1.82) is 0 Å². The van der Waals surface area contributed by atoms with Gasteiger partial charge in [0.25, 0.3) is 0 Å². The van der Waals surface area contributed by atoms with E-state index >= 15 is 0 Å². The number of nitrogens with one attached hydrogen (secondary N) is 1. The highest BCUT2D eigenvalue weighted by Gasteiger charge is 2.28. The SMILES string of the molecule is CC(C)(C)CCOCCCC(=O)NCCS(=O)(=O)C(C)(C)C. The van der Waals surface area contributed by atoms with Gasteiger partial charge in [-0.2, -0.15) is 0 Å². The molecule has 1 N–H and O–H groups in total. The van der Waals surface area contributed by atoms with Gasteiger partial charge in [0, 0.05) is 26.2 Å². The second-order valence-electron chi connectivity index (χ2n) is 7.81. The highest BCUT2D eigenvalue weighted by Crippen LogP contribution is 2.18. The Labute approximate surface area is 136 Å². The molecule has 0 atom stereocenters. The van der Waals surface area contributed by atoms with Crippen LogP contribution >= 0.6 is 0 Å². The minimum absolute atomic E-state index is 0.0235. The largest absolute Gasteiger partial charge is 0.381 e. The molecule has 0 aromatic rings. The predicted molar refractivity (Wildman–Crippen MR) is 90.7 cm³/mol. The third-order valence-corrected chi connectivity index (χ3v) is 5.92. The van der Waals surface area contributed by atoms with Crippen LogP contribution in [0.5, 0.6) is 0 Å². The summed E-state index contributed by atoms with van der Waals surface area (Å²) < 4.78 is 28.5. The van der Waals surface area contributed by atoms with Crippen LogP contribution in [-0.2, 0) is 19.4 Å². The van der Waals surface area contributed by atoms with Crippen LogP contribution in [0.2, 0.25) is 0 Å². The zero-order valence-corrected chi connectivity index (χ0v) is 15.8. The maximum atomic E-state index is 11.9. The molecule has 0 saturated carbocycles. The second-order valence-corrected chi connectivity index (χ2v) is 10.7. The summed E-state index contributed by atoms with van der Waals surface area (Å²) in [7, 11) is -3.18. The van der Waals surface area contributed by atoms with Crippen LogP contribution in [-0.4, -0.2) is 44.6 Å². The van der Waals surface area contributed by atoms with Crippen LogP contribution in [0.1, 0.15) is 60.8 Å². The maximum absolute atomic E-state index is 11.9. The van der Waals surface area contributed by atoms with Crippen molar-refractivity contribution in [1.82, 2.24) is 5.32 Å². The molecule has 0 saturated heterocycles. The first-order chi connectivity index (χ1) is 9.85. The van der Waals surface area contributed by atoms with E-state index in [1.54, 1.807) is 20.8 Å². The summed E-state index contributed by atoms with van der Waals surface area (Å²) in [6, 6.07) is 0. The molecule has 22 heavy (non-hydrogen) atoms. The highest BCUT2D eigenvalue weighted by atomic mass is 32.2. The van der Waals surface area contributed by atoms with Crippen molar-refractivity contribution in [3.05, 3.63) is 0 Å². The molecule has 0 spiro atoms. The minimum Gasteiger partial charge on any atom is -0.381 e. The van der Waals surface area contributed by atoms with Gasteiger partial charge >= 0.3 is 0 Å². The summed E-state index contributed by atoms with van der Waals surface area (Å²) in [5.74, 6) is -0.145. The molecule has 0 heterocycles. The molecule has 0 aliphatic carbocycles. The molecule has 5 nitrogen and oxygen atoms in total. The van der Waals surface area contributed by atoms with E-state index in [2.05, 4.69) is 26.1 Å². The summed E-state index contributed by atoms with van der Waals surface area (Å²) in [4.78, 5) is 11.6. The van der Waals surface area contributed by atoms with Crippen LogP contribution < -0.4 is 5.32 Å². The fourth-order valence-corrected chi connectivity index (χ4v) is 2.52. The van der Waals surface area contributed by atoms with E-state index in [-0.39, 0.29) is 23.6 Å². The third-order valence-electron chi connectivity index (χ3n) is 3.31. The summed E-state index contributed by atoms with van der Waals surface area (Å²) in [5.41, 5.74) is 0.260. The van der Waals surface area contributed by atoms with Crippen molar-refractivity contribution in [2.75, 3.05) is 25.5 Å². The Hall–Kier alpha value is -0.620. The third kappa shape index (κ3) is 10.2. The molecule has 0 aliphatic rings. The Kier molecular flexibility index (Phi) is 8.62. The number of ether oxygens (including phenoxy) is 1. The van der Waals surface area contributed by atoms with Crippen molar-refractivity contribution in [2.24, 2.45) is 5.41 Å². The molecule has 0 aromatic carbocycles. The van der Waals surface area contributed by atoms with Crippen molar-refractivity contribution in [3.8, 4) is 0 Å². The first kappa shape index (κ1) is 21.4. The van der Waals surface area contributed by atoms with Gasteiger partial charge in [0.05, 0.1) is 10.5 Å². The molecular formula is C16H33NO4S. The molecule has 0 bridgehead atoms. The van der Waals surface area contributed by atoms with Crippen LogP contribution in [0.15, 0.2) is 0 Å². The fraction of sp³-hybridized carbons (Fsp3) is 0.938. The second kappa shape index (κ2) is 8.87. The van der Waals surface area contributed by atoms with E-state index < -0.39 is 14.6 Å². The van der Waals surface area contributed by atoms with E-state index in [1.165, 1.54) is 0 Å². The first-order valence-electron chi connectivity index (χ1n) is 7.92. The minimum atomic E-state index is -3.18. The Morgan fingerprint density at radius 3 is 2.14 bits per heavy atom. The maximum Gasteiger partial charge on any atom is 0.220 e. The average Bonchev–Trinajstić information content (AvgIpc) is 2.30. The normalized spacial score (nSPS) is 13.2. The van der Waals surface area contributed by atoms with Crippen molar-refractivity contribution in [2.45, 2.75) is 65.6 Å². The number of hydrogen-bond acceptors (Lipinski definition) is 4. The molecule has 0 radical (unpaired) electrons. The van der Waals surface area contributed by atoms with Gasteiger partial charge in [-0.05, 0) is 39.0 Å². The number of rotatable bonds is 9. The Morgan fingerprint density at radius 2 is 1.64 bits per heavy atom. The lowest BCUT2D eigenvalue weighted by Gasteiger charge is -2.19. The topological polar surface area (TPSA) is 72.5 Å². The van der Waals surface area contributed by atoms with Gasteiger partial charge in [-0.3, -0.25) is 4.79 Å². The van der Waals surface area contributed by atoms with Gasteiger partial charge in [-0.15, -0.1) is 0 Å². The van der Waals surface area contributed by atoms with Gasteiger partial charge in [0.2, 0.25) is 5.91 Å². The van der Waals surface area contributed by atoms with Crippen molar-refractivity contribution in [3.63, 3.8) is 0 Å². The lowest BCUT2D eigenvalue weighted by Crippen LogP contribution is -2.36. The van der Waals surface area contributed by atoms with Gasteiger partial charge in [-0.1, -0.05) is 20.8 Å². The number of amides is 1. The smallest absolute Gasteiger partial charge is 0.220 e. The predicted octanol–water partition coefficient (Wildman–Crippen LogP) is 2.55. The van der Waals surface area contributed by atoms with Crippen molar-refractivity contribution >= 4 is 15.7 Å². The van der Waals surface area contributed by atoms with Crippen molar-refractivity contribution < 1.29 is 17.9 Å². The molecular weight excluding hydrogens is 302 g/mol.